The molecule has 1 unspecified atom stereocenters. The molecule has 1 fully saturated rings. The Morgan fingerprint density at radius 1 is 1.07 bits per heavy atom. The van der Waals surface area contributed by atoms with Gasteiger partial charge in [0.2, 0.25) is 10.0 Å². The second kappa shape index (κ2) is 10.0. The fourth-order valence-corrected chi connectivity index (χ4v) is 4.78. The zero-order chi connectivity index (χ0) is 21.6. The SMILES string of the molecule is CCCC(C)S(=O)(=O)Nc1ccc(C(=O)CN2CCN(c3ccncc3)CC2)cc1. The van der Waals surface area contributed by atoms with Gasteiger partial charge in [0.1, 0.15) is 0 Å². The Labute approximate surface area is 179 Å². The van der Waals surface area contributed by atoms with E-state index in [2.05, 4.69) is 19.5 Å². The largest absolute Gasteiger partial charge is 0.369 e. The summed E-state index contributed by atoms with van der Waals surface area (Å²) >= 11 is 0. The number of hydrogen-bond donors (Lipinski definition) is 1. The molecule has 1 aromatic heterocycles. The van der Waals surface area contributed by atoms with E-state index < -0.39 is 15.3 Å². The van der Waals surface area contributed by atoms with Crippen LogP contribution in [0.1, 0.15) is 37.0 Å². The number of carbonyl (C=O) groups excluding carboxylic acids is 1. The van der Waals surface area contributed by atoms with Gasteiger partial charge in [0.25, 0.3) is 0 Å². The van der Waals surface area contributed by atoms with Crippen molar-refractivity contribution in [2.24, 2.45) is 0 Å². The summed E-state index contributed by atoms with van der Waals surface area (Å²) in [5.41, 5.74) is 2.24. The third kappa shape index (κ3) is 5.79. The highest BCUT2D eigenvalue weighted by atomic mass is 32.2. The number of hydrogen-bond acceptors (Lipinski definition) is 6. The van der Waals surface area contributed by atoms with Crippen LogP contribution in [0.5, 0.6) is 0 Å². The molecule has 0 spiro atoms. The molecule has 1 atom stereocenters. The molecule has 162 valence electrons. The van der Waals surface area contributed by atoms with E-state index in [1.54, 1.807) is 43.6 Å². The third-order valence-electron chi connectivity index (χ3n) is 5.46. The topological polar surface area (TPSA) is 82.6 Å². The van der Waals surface area contributed by atoms with Crippen LogP contribution in [0.15, 0.2) is 48.8 Å². The first kappa shape index (κ1) is 22.2. The van der Waals surface area contributed by atoms with Gasteiger partial charge < -0.3 is 4.90 Å². The number of aromatic nitrogens is 1. The quantitative estimate of drug-likeness (QED) is 0.616. The lowest BCUT2D eigenvalue weighted by Gasteiger charge is -2.35. The Bertz CT molecular complexity index is 925. The summed E-state index contributed by atoms with van der Waals surface area (Å²) in [7, 11) is -3.41. The fourth-order valence-electron chi connectivity index (χ4n) is 3.56. The van der Waals surface area contributed by atoms with E-state index in [1.807, 2.05) is 19.1 Å². The van der Waals surface area contributed by atoms with Crippen molar-refractivity contribution in [1.82, 2.24) is 9.88 Å². The van der Waals surface area contributed by atoms with Crippen molar-refractivity contribution in [3.05, 3.63) is 54.4 Å². The fraction of sp³-hybridized carbons (Fsp3) is 0.455. The Morgan fingerprint density at radius 3 is 2.30 bits per heavy atom. The lowest BCUT2D eigenvalue weighted by Crippen LogP contribution is -2.48. The molecule has 0 bridgehead atoms. The normalized spacial score (nSPS) is 16.3. The molecule has 1 aromatic carbocycles. The van der Waals surface area contributed by atoms with Crippen LogP contribution < -0.4 is 9.62 Å². The summed E-state index contributed by atoms with van der Waals surface area (Å²) in [4.78, 5) is 21.2. The molecular formula is C22H30N4O3S. The van der Waals surface area contributed by atoms with Crippen LogP contribution in [-0.2, 0) is 10.0 Å². The minimum Gasteiger partial charge on any atom is -0.369 e. The van der Waals surface area contributed by atoms with Gasteiger partial charge in [-0.1, -0.05) is 13.3 Å². The zero-order valence-electron chi connectivity index (χ0n) is 17.6. The van der Waals surface area contributed by atoms with E-state index in [1.165, 1.54) is 0 Å². The van der Waals surface area contributed by atoms with Gasteiger partial charge in [0.15, 0.2) is 5.78 Å². The maximum Gasteiger partial charge on any atom is 0.235 e. The van der Waals surface area contributed by atoms with Crippen molar-refractivity contribution in [3.63, 3.8) is 0 Å². The first-order valence-electron chi connectivity index (χ1n) is 10.4. The van der Waals surface area contributed by atoms with Gasteiger partial charge >= 0.3 is 0 Å². The first-order chi connectivity index (χ1) is 14.4. The first-order valence-corrected chi connectivity index (χ1v) is 12.0. The number of rotatable bonds is 9. The van der Waals surface area contributed by atoms with Crippen LogP contribution >= 0.6 is 0 Å². The van der Waals surface area contributed by atoms with Gasteiger partial charge in [0, 0.05) is 55.5 Å². The Balaban J connectivity index is 1.52. The van der Waals surface area contributed by atoms with Gasteiger partial charge in [-0.05, 0) is 49.7 Å². The average molecular weight is 431 g/mol. The molecule has 7 nitrogen and oxygen atoms in total. The summed E-state index contributed by atoms with van der Waals surface area (Å²) in [5.74, 6) is 0.0427. The van der Waals surface area contributed by atoms with E-state index in [0.717, 1.165) is 38.3 Å². The van der Waals surface area contributed by atoms with Gasteiger partial charge in [-0.2, -0.15) is 0 Å². The molecule has 0 saturated carbocycles. The summed E-state index contributed by atoms with van der Waals surface area (Å²) in [5, 5.41) is -0.449. The molecule has 1 N–H and O–H groups in total. The van der Waals surface area contributed by atoms with Crippen molar-refractivity contribution >= 4 is 27.2 Å². The number of sulfonamides is 1. The molecule has 0 radical (unpaired) electrons. The van der Waals surface area contributed by atoms with Crippen LogP contribution in [0.4, 0.5) is 11.4 Å². The second-order valence-electron chi connectivity index (χ2n) is 7.72. The highest BCUT2D eigenvalue weighted by Gasteiger charge is 2.21. The zero-order valence-corrected chi connectivity index (χ0v) is 18.4. The summed E-state index contributed by atoms with van der Waals surface area (Å²) in [6.07, 6.45) is 5.01. The number of ketones is 1. The van der Waals surface area contributed by atoms with E-state index in [-0.39, 0.29) is 5.78 Å². The van der Waals surface area contributed by atoms with Crippen LogP contribution in [0.3, 0.4) is 0 Å². The van der Waals surface area contributed by atoms with Crippen LogP contribution in [0.25, 0.3) is 0 Å². The van der Waals surface area contributed by atoms with Gasteiger partial charge in [-0.25, -0.2) is 8.42 Å². The number of piperazine rings is 1. The lowest BCUT2D eigenvalue weighted by atomic mass is 10.1. The maximum atomic E-state index is 12.7. The van der Waals surface area contributed by atoms with Crippen molar-refractivity contribution in [2.75, 3.05) is 42.3 Å². The molecule has 0 amide bonds. The number of anilines is 2. The predicted octanol–water partition coefficient (Wildman–Crippen LogP) is 3.02. The standard InChI is InChI=1S/C22H30N4O3S/c1-3-4-18(2)30(28,29)24-20-7-5-19(6-8-20)22(27)17-25-13-15-26(16-14-25)21-9-11-23-12-10-21/h5-12,18,24H,3-4,13-17H2,1-2H3. The lowest BCUT2D eigenvalue weighted by molar-refractivity contribution is 0.0926. The number of nitrogens with one attached hydrogen (secondary N) is 1. The van der Waals surface area contributed by atoms with E-state index in [0.29, 0.717) is 24.2 Å². The minimum atomic E-state index is -3.41. The van der Waals surface area contributed by atoms with Crippen molar-refractivity contribution in [3.8, 4) is 0 Å². The second-order valence-corrected chi connectivity index (χ2v) is 9.81. The summed E-state index contributed by atoms with van der Waals surface area (Å²) in [6.45, 7) is 7.41. The molecule has 3 rings (SSSR count). The monoisotopic (exact) mass is 430 g/mol. The number of Topliss-reactive ketones (excluding diaryl/α,β-unsaturated/α-hetero) is 1. The van der Waals surface area contributed by atoms with Crippen molar-refractivity contribution in [2.45, 2.75) is 31.9 Å². The maximum absolute atomic E-state index is 12.7. The predicted molar refractivity (Wildman–Crippen MR) is 121 cm³/mol. The highest BCUT2D eigenvalue weighted by Crippen LogP contribution is 2.17. The molecule has 2 heterocycles. The van der Waals surface area contributed by atoms with E-state index in [9.17, 15) is 13.2 Å². The Hall–Kier alpha value is -2.45. The molecule has 1 aliphatic rings. The van der Waals surface area contributed by atoms with Crippen LogP contribution in [0.2, 0.25) is 0 Å². The number of carbonyl (C=O) groups is 1. The van der Waals surface area contributed by atoms with Crippen LogP contribution in [0, 0.1) is 0 Å². The molecule has 8 heteroatoms. The smallest absolute Gasteiger partial charge is 0.235 e. The molecule has 2 aromatic rings. The van der Waals surface area contributed by atoms with E-state index >= 15 is 0 Å². The number of pyridine rings is 1. The molecule has 0 aliphatic carbocycles. The van der Waals surface area contributed by atoms with Gasteiger partial charge in [-0.3, -0.25) is 19.4 Å². The third-order valence-corrected chi connectivity index (χ3v) is 7.27. The summed E-state index contributed by atoms with van der Waals surface area (Å²) in [6, 6.07) is 10.7. The molecular weight excluding hydrogens is 400 g/mol. The Morgan fingerprint density at radius 2 is 1.70 bits per heavy atom. The van der Waals surface area contributed by atoms with Crippen molar-refractivity contribution in [1.29, 1.82) is 0 Å². The molecule has 30 heavy (non-hydrogen) atoms. The minimum absolute atomic E-state index is 0.0427. The number of benzene rings is 1. The van der Waals surface area contributed by atoms with Gasteiger partial charge in [0.05, 0.1) is 11.8 Å². The summed E-state index contributed by atoms with van der Waals surface area (Å²) < 4.78 is 27.2. The van der Waals surface area contributed by atoms with Crippen LogP contribution in [-0.4, -0.2) is 62.1 Å². The number of nitrogens with zero attached hydrogens (tertiary/aromatic N) is 3. The van der Waals surface area contributed by atoms with E-state index in [4.69, 9.17) is 0 Å². The highest BCUT2D eigenvalue weighted by molar-refractivity contribution is 7.93. The molecule has 1 saturated heterocycles. The van der Waals surface area contributed by atoms with Crippen molar-refractivity contribution < 1.29 is 13.2 Å². The van der Waals surface area contributed by atoms with Gasteiger partial charge in [-0.15, -0.1) is 0 Å². The average Bonchev–Trinajstić information content (AvgIpc) is 2.75. The molecule has 1 aliphatic heterocycles. The Kier molecular flexibility index (Phi) is 7.44.